The molecule has 0 spiro atoms. The molecule has 1 unspecified atom stereocenters. The molecule has 0 amide bonds. The summed E-state index contributed by atoms with van der Waals surface area (Å²) >= 11 is 0. The Bertz CT molecular complexity index is 792. The number of nitriles is 1. The fourth-order valence-corrected chi connectivity index (χ4v) is 5.02. The minimum atomic E-state index is -0.768. The highest BCUT2D eigenvalue weighted by atomic mass is 32.2. The van der Waals surface area contributed by atoms with Gasteiger partial charge < -0.3 is 4.90 Å². The van der Waals surface area contributed by atoms with Gasteiger partial charge in [-0.05, 0) is 43.2 Å². The number of benzene rings is 1. The summed E-state index contributed by atoms with van der Waals surface area (Å²) in [4.78, 5) is 7.01. The smallest absolute Gasteiger partial charge is 0.129 e. The predicted molar refractivity (Wildman–Crippen MR) is 95.0 cm³/mol. The van der Waals surface area contributed by atoms with Gasteiger partial charge in [-0.1, -0.05) is 13.8 Å². The Morgan fingerprint density at radius 1 is 1.30 bits per heavy atom. The van der Waals surface area contributed by atoms with Crippen molar-refractivity contribution in [3.63, 3.8) is 0 Å². The van der Waals surface area contributed by atoms with Gasteiger partial charge in [-0.3, -0.25) is 4.21 Å². The van der Waals surface area contributed by atoms with Crippen molar-refractivity contribution in [3.05, 3.63) is 35.9 Å². The Labute approximate surface area is 139 Å². The third-order valence-corrected chi connectivity index (χ3v) is 7.15. The van der Waals surface area contributed by atoms with Crippen LogP contribution in [0.2, 0.25) is 0 Å². The maximum absolute atomic E-state index is 12.5. The lowest BCUT2D eigenvalue weighted by molar-refractivity contribution is 0.494. The van der Waals surface area contributed by atoms with E-state index in [-0.39, 0.29) is 4.75 Å². The Hall–Kier alpha value is -1.93. The van der Waals surface area contributed by atoms with Crippen LogP contribution in [0.5, 0.6) is 0 Å². The summed E-state index contributed by atoms with van der Waals surface area (Å²) in [5.74, 6) is 1.64. The minimum absolute atomic E-state index is 0.125. The Morgan fingerprint density at radius 3 is 2.78 bits per heavy atom. The lowest BCUT2D eigenvalue weighted by Gasteiger charge is -2.41. The zero-order valence-corrected chi connectivity index (χ0v) is 14.4. The summed E-state index contributed by atoms with van der Waals surface area (Å²) in [5, 5.41) is 9.96. The van der Waals surface area contributed by atoms with Crippen molar-refractivity contribution in [1.82, 2.24) is 4.98 Å². The lowest BCUT2D eigenvalue weighted by Crippen LogP contribution is -2.53. The van der Waals surface area contributed by atoms with E-state index < -0.39 is 10.8 Å². The number of aromatic nitrogens is 1. The van der Waals surface area contributed by atoms with E-state index in [0.29, 0.717) is 11.3 Å². The number of anilines is 1. The second-order valence-corrected chi connectivity index (χ2v) is 8.02. The molecule has 1 fully saturated rings. The predicted octanol–water partition coefficient (Wildman–Crippen LogP) is 3.23. The van der Waals surface area contributed by atoms with Gasteiger partial charge in [0.25, 0.3) is 0 Å². The van der Waals surface area contributed by atoms with Crippen LogP contribution in [0.25, 0.3) is 10.9 Å². The summed E-state index contributed by atoms with van der Waals surface area (Å²) in [6.45, 7) is 5.83. The first-order valence-corrected chi connectivity index (χ1v) is 9.38. The van der Waals surface area contributed by atoms with Crippen molar-refractivity contribution in [1.29, 1.82) is 5.26 Å². The van der Waals surface area contributed by atoms with Gasteiger partial charge in [0.15, 0.2) is 0 Å². The van der Waals surface area contributed by atoms with Crippen LogP contribution in [0.3, 0.4) is 0 Å². The zero-order valence-electron chi connectivity index (χ0n) is 13.6. The molecule has 3 rings (SSSR count). The fourth-order valence-electron chi connectivity index (χ4n) is 3.26. The third-order valence-electron chi connectivity index (χ3n) is 4.92. The number of hydrogen-bond acceptors (Lipinski definition) is 4. The molecular weight excluding hydrogens is 306 g/mol. The van der Waals surface area contributed by atoms with Crippen LogP contribution >= 0.6 is 0 Å². The lowest BCUT2D eigenvalue weighted by atomic mass is 10.0. The third kappa shape index (κ3) is 2.84. The molecule has 2 aromatic rings. The van der Waals surface area contributed by atoms with E-state index in [1.165, 1.54) is 0 Å². The van der Waals surface area contributed by atoms with Gasteiger partial charge in [0.2, 0.25) is 0 Å². The van der Waals surface area contributed by atoms with Crippen LogP contribution in [-0.2, 0) is 10.8 Å². The van der Waals surface area contributed by atoms with Gasteiger partial charge in [0.05, 0.1) is 21.9 Å². The largest absolute Gasteiger partial charge is 0.354 e. The quantitative estimate of drug-likeness (QED) is 0.868. The number of rotatable bonds is 3. The minimum Gasteiger partial charge on any atom is -0.354 e. The van der Waals surface area contributed by atoms with Gasteiger partial charge in [0, 0.05) is 35.0 Å². The van der Waals surface area contributed by atoms with Crippen LogP contribution in [-0.4, -0.2) is 32.8 Å². The highest BCUT2D eigenvalue weighted by Gasteiger charge is 2.39. The molecule has 0 saturated carbocycles. The van der Waals surface area contributed by atoms with Gasteiger partial charge in [-0.2, -0.15) is 5.26 Å². The molecular formula is C18H21N3OS. The van der Waals surface area contributed by atoms with Gasteiger partial charge >= 0.3 is 0 Å². The first-order chi connectivity index (χ1) is 11.1. The van der Waals surface area contributed by atoms with Crippen LogP contribution < -0.4 is 4.90 Å². The van der Waals surface area contributed by atoms with E-state index in [4.69, 9.17) is 10.2 Å². The molecule has 4 nitrogen and oxygen atoms in total. The van der Waals surface area contributed by atoms with E-state index in [1.807, 2.05) is 24.3 Å². The number of hydrogen-bond donors (Lipinski definition) is 0. The molecule has 0 bridgehead atoms. The second kappa shape index (κ2) is 6.29. The van der Waals surface area contributed by atoms with Crippen molar-refractivity contribution in [2.45, 2.75) is 31.4 Å². The highest BCUT2D eigenvalue weighted by Crippen LogP contribution is 2.31. The first kappa shape index (κ1) is 15.9. The molecule has 1 saturated heterocycles. The summed E-state index contributed by atoms with van der Waals surface area (Å²) in [6.07, 6.45) is 1.84. The van der Waals surface area contributed by atoms with Crippen LogP contribution in [0.4, 0.5) is 5.82 Å². The van der Waals surface area contributed by atoms with Gasteiger partial charge in [-0.15, -0.1) is 0 Å². The standard InChI is InChI=1S/C18H21N3OS/c1-3-18(4-2)13-21(9-10-23(18)22)17-8-6-15-11-14(12-19)5-7-16(15)20-17/h5-8,11H,3-4,9-10,13H2,1-2H3. The summed E-state index contributed by atoms with van der Waals surface area (Å²) in [6, 6.07) is 11.7. The summed E-state index contributed by atoms with van der Waals surface area (Å²) < 4.78 is 12.3. The second-order valence-electron chi connectivity index (χ2n) is 6.05. The molecule has 5 heteroatoms. The Balaban J connectivity index is 1.94. The molecule has 0 radical (unpaired) electrons. The average Bonchev–Trinajstić information content (AvgIpc) is 2.61. The van der Waals surface area contributed by atoms with Gasteiger partial charge in [0.1, 0.15) is 5.82 Å². The van der Waals surface area contributed by atoms with Crippen LogP contribution in [0.1, 0.15) is 32.3 Å². The summed E-state index contributed by atoms with van der Waals surface area (Å²) in [7, 11) is -0.768. The van der Waals surface area contributed by atoms with Crippen molar-refractivity contribution >= 4 is 27.5 Å². The molecule has 1 aromatic heterocycles. The molecule has 120 valence electrons. The van der Waals surface area contributed by atoms with E-state index >= 15 is 0 Å². The maximum Gasteiger partial charge on any atom is 0.129 e. The van der Waals surface area contributed by atoms with E-state index in [2.05, 4.69) is 24.8 Å². The van der Waals surface area contributed by atoms with Crippen LogP contribution in [0.15, 0.2) is 30.3 Å². The monoisotopic (exact) mass is 327 g/mol. The molecule has 1 atom stereocenters. The normalized spacial score (nSPS) is 20.4. The topological polar surface area (TPSA) is 57.0 Å². The van der Waals surface area contributed by atoms with Crippen molar-refractivity contribution < 1.29 is 4.21 Å². The molecule has 0 aliphatic carbocycles. The molecule has 2 heterocycles. The van der Waals surface area contributed by atoms with E-state index in [1.54, 1.807) is 6.07 Å². The number of pyridine rings is 1. The number of nitrogens with zero attached hydrogens (tertiary/aromatic N) is 3. The molecule has 1 aliphatic rings. The number of fused-ring (bicyclic) bond motifs is 1. The SMILES string of the molecule is CCC1(CC)CN(c2ccc3cc(C#N)ccc3n2)CCS1=O. The molecule has 1 aliphatic heterocycles. The molecule has 23 heavy (non-hydrogen) atoms. The molecule has 0 N–H and O–H groups in total. The van der Waals surface area contributed by atoms with Crippen molar-refractivity contribution in [3.8, 4) is 6.07 Å². The van der Waals surface area contributed by atoms with Crippen molar-refractivity contribution in [2.75, 3.05) is 23.7 Å². The van der Waals surface area contributed by atoms with Gasteiger partial charge in [-0.25, -0.2) is 4.98 Å². The Morgan fingerprint density at radius 2 is 2.09 bits per heavy atom. The van der Waals surface area contributed by atoms with E-state index in [9.17, 15) is 4.21 Å². The zero-order chi connectivity index (χ0) is 16.4. The van der Waals surface area contributed by atoms with E-state index in [0.717, 1.165) is 42.7 Å². The maximum atomic E-state index is 12.5. The Kier molecular flexibility index (Phi) is 4.36. The summed E-state index contributed by atoms with van der Waals surface area (Å²) in [5.41, 5.74) is 1.54. The van der Waals surface area contributed by atoms with Crippen LogP contribution in [0, 0.1) is 11.3 Å². The van der Waals surface area contributed by atoms with Crippen molar-refractivity contribution in [2.24, 2.45) is 0 Å². The molecule has 1 aromatic carbocycles. The first-order valence-electron chi connectivity index (χ1n) is 8.06. The highest BCUT2D eigenvalue weighted by molar-refractivity contribution is 7.86. The fraction of sp³-hybridized carbons (Fsp3) is 0.444. The average molecular weight is 327 g/mol.